The normalized spacial score (nSPS) is 12.3. The van der Waals surface area contributed by atoms with Crippen LogP contribution in [0.5, 0.6) is 0 Å². The first kappa shape index (κ1) is 14.7. The van der Waals surface area contributed by atoms with Crippen LogP contribution in [-0.2, 0) is 18.3 Å². The number of carboxylic acids is 1. The lowest BCUT2D eigenvalue weighted by molar-refractivity contribution is -0.136. The van der Waals surface area contributed by atoms with E-state index in [0.717, 1.165) is 5.56 Å². The van der Waals surface area contributed by atoms with Gasteiger partial charge in [-0.1, -0.05) is 23.7 Å². The number of rotatable bonds is 5. The van der Waals surface area contributed by atoms with Gasteiger partial charge in [0.2, 0.25) is 0 Å². The van der Waals surface area contributed by atoms with E-state index in [1.54, 1.807) is 30.1 Å². The zero-order valence-corrected chi connectivity index (χ0v) is 12.4. The summed E-state index contributed by atoms with van der Waals surface area (Å²) < 4.78 is 1.57. The molecule has 106 valence electrons. The fourth-order valence-corrected chi connectivity index (χ4v) is 2.93. The third kappa shape index (κ3) is 3.68. The van der Waals surface area contributed by atoms with Gasteiger partial charge in [0.05, 0.1) is 4.90 Å². The number of benzene rings is 1. The Hall–Kier alpha value is -1.66. The Morgan fingerprint density at radius 1 is 1.50 bits per heavy atom. The molecule has 0 saturated heterocycles. The summed E-state index contributed by atoms with van der Waals surface area (Å²) in [6, 6.07) is 7.15. The number of aryl methyl sites for hydroxylation is 1. The summed E-state index contributed by atoms with van der Waals surface area (Å²) in [5, 5.41) is 13.3. The van der Waals surface area contributed by atoms with E-state index in [4.69, 9.17) is 17.3 Å². The molecule has 2 aromatic rings. The van der Waals surface area contributed by atoms with Gasteiger partial charge < -0.3 is 10.8 Å². The van der Waals surface area contributed by atoms with Crippen LogP contribution in [0, 0.1) is 0 Å². The first-order chi connectivity index (χ1) is 9.45. The van der Waals surface area contributed by atoms with Gasteiger partial charge in [0.1, 0.15) is 5.25 Å². The summed E-state index contributed by atoms with van der Waals surface area (Å²) in [4.78, 5) is 12.1. The highest BCUT2D eigenvalue weighted by Gasteiger charge is 2.21. The third-order valence-corrected chi connectivity index (χ3v) is 4.17. The number of carboxylic acid groups (broad SMARTS) is 1. The Bertz CT molecular complexity index is 613. The Morgan fingerprint density at radius 3 is 2.65 bits per heavy atom. The minimum Gasteiger partial charge on any atom is -0.480 e. The van der Waals surface area contributed by atoms with Crippen molar-refractivity contribution in [2.45, 2.75) is 16.6 Å². The number of anilines is 1. The molecule has 0 aliphatic rings. The molecular formula is C13H14ClN3O2S. The number of aromatic nitrogens is 2. The van der Waals surface area contributed by atoms with Gasteiger partial charge in [-0.05, 0) is 24.1 Å². The molecule has 2 rings (SSSR count). The van der Waals surface area contributed by atoms with Crippen molar-refractivity contribution in [2.24, 2.45) is 7.05 Å². The number of hydrogen-bond acceptors (Lipinski definition) is 4. The molecular weight excluding hydrogens is 298 g/mol. The molecule has 1 atom stereocenters. The summed E-state index contributed by atoms with van der Waals surface area (Å²) in [5.41, 5.74) is 6.65. The molecule has 5 nitrogen and oxygen atoms in total. The molecule has 1 unspecified atom stereocenters. The molecule has 0 aliphatic heterocycles. The largest absolute Gasteiger partial charge is 0.480 e. The molecule has 0 bridgehead atoms. The summed E-state index contributed by atoms with van der Waals surface area (Å²) in [5.74, 6) is -0.534. The summed E-state index contributed by atoms with van der Waals surface area (Å²) in [6.45, 7) is 0. The number of nitrogens with two attached hydrogens (primary N) is 1. The van der Waals surface area contributed by atoms with Crippen LogP contribution < -0.4 is 5.73 Å². The molecule has 0 saturated carbocycles. The minimum atomic E-state index is -0.881. The van der Waals surface area contributed by atoms with Crippen LogP contribution in [-0.4, -0.2) is 26.1 Å². The topological polar surface area (TPSA) is 81.1 Å². The number of halogens is 1. The van der Waals surface area contributed by atoms with E-state index >= 15 is 0 Å². The number of hydrogen-bond donors (Lipinski definition) is 2. The van der Waals surface area contributed by atoms with E-state index in [0.29, 0.717) is 22.2 Å². The Labute approximate surface area is 125 Å². The molecule has 0 fully saturated rings. The summed E-state index contributed by atoms with van der Waals surface area (Å²) in [7, 11) is 1.75. The van der Waals surface area contributed by atoms with Gasteiger partial charge in [-0.25, -0.2) is 0 Å². The number of nitrogen functional groups attached to an aromatic ring is 1. The molecule has 0 aliphatic carbocycles. The van der Waals surface area contributed by atoms with Crippen molar-refractivity contribution in [3.05, 3.63) is 41.0 Å². The standard InChI is InChI=1S/C13H14ClN3O2S/c1-17-7-11(12(15)16-17)20-10(13(18)19)6-8-2-4-9(14)5-3-8/h2-5,7,10H,6H2,1H3,(H2,15,16)(H,18,19). The second kappa shape index (κ2) is 6.19. The maximum absolute atomic E-state index is 11.4. The van der Waals surface area contributed by atoms with E-state index in [1.165, 1.54) is 11.8 Å². The van der Waals surface area contributed by atoms with Crippen LogP contribution in [0.1, 0.15) is 5.56 Å². The van der Waals surface area contributed by atoms with E-state index in [2.05, 4.69) is 5.10 Å². The SMILES string of the molecule is Cn1cc(SC(Cc2ccc(Cl)cc2)C(=O)O)c(N)n1. The lowest BCUT2D eigenvalue weighted by Gasteiger charge is -2.11. The highest BCUT2D eigenvalue weighted by Crippen LogP contribution is 2.30. The monoisotopic (exact) mass is 311 g/mol. The Kier molecular flexibility index (Phi) is 4.57. The molecule has 0 radical (unpaired) electrons. The summed E-state index contributed by atoms with van der Waals surface area (Å²) >= 11 is 7.02. The van der Waals surface area contributed by atoms with E-state index in [1.807, 2.05) is 12.1 Å². The first-order valence-corrected chi connectivity index (χ1v) is 7.14. The van der Waals surface area contributed by atoms with Crippen molar-refractivity contribution in [1.82, 2.24) is 9.78 Å². The number of thioether (sulfide) groups is 1. The van der Waals surface area contributed by atoms with Gasteiger partial charge in [0.25, 0.3) is 0 Å². The molecule has 1 aromatic carbocycles. The highest BCUT2D eigenvalue weighted by molar-refractivity contribution is 8.00. The van der Waals surface area contributed by atoms with Gasteiger partial charge in [0, 0.05) is 18.3 Å². The molecule has 7 heteroatoms. The molecule has 20 heavy (non-hydrogen) atoms. The predicted molar refractivity (Wildman–Crippen MR) is 80.1 cm³/mol. The molecule has 3 N–H and O–H groups in total. The third-order valence-electron chi connectivity index (χ3n) is 2.70. The second-order valence-electron chi connectivity index (χ2n) is 4.33. The Morgan fingerprint density at radius 2 is 2.15 bits per heavy atom. The first-order valence-electron chi connectivity index (χ1n) is 5.88. The maximum atomic E-state index is 11.4. The smallest absolute Gasteiger partial charge is 0.317 e. The zero-order valence-electron chi connectivity index (χ0n) is 10.8. The van der Waals surface area contributed by atoms with Crippen LogP contribution in [0.4, 0.5) is 5.82 Å². The van der Waals surface area contributed by atoms with E-state index in [9.17, 15) is 9.90 Å². The lowest BCUT2D eigenvalue weighted by atomic mass is 10.1. The minimum absolute atomic E-state index is 0.347. The van der Waals surface area contributed by atoms with E-state index in [-0.39, 0.29) is 0 Å². The van der Waals surface area contributed by atoms with Crippen LogP contribution in [0.3, 0.4) is 0 Å². The fourth-order valence-electron chi connectivity index (χ4n) is 1.74. The van der Waals surface area contributed by atoms with Crippen LogP contribution in [0.2, 0.25) is 5.02 Å². The van der Waals surface area contributed by atoms with Crippen LogP contribution in [0.15, 0.2) is 35.4 Å². The van der Waals surface area contributed by atoms with Crippen molar-refractivity contribution in [3.8, 4) is 0 Å². The van der Waals surface area contributed by atoms with Gasteiger partial charge in [-0.15, -0.1) is 11.8 Å². The van der Waals surface area contributed by atoms with Crippen molar-refractivity contribution in [1.29, 1.82) is 0 Å². The number of nitrogens with zero attached hydrogens (tertiary/aromatic N) is 2. The quantitative estimate of drug-likeness (QED) is 0.829. The van der Waals surface area contributed by atoms with Gasteiger partial charge in [-0.2, -0.15) is 5.10 Å². The van der Waals surface area contributed by atoms with E-state index < -0.39 is 11.2 Å². The number of carbonyl (C=O) groups is 1. The second-order valence-corrected chi connectivity index (χ2v) is 6.01. The van der Waals surface area contributed by atoms with Crippen LogP contribution in [0.25, 0.3) is 0 Å². The fraction of sp³-hybridized carbons (Fsp3) is 0.231. The predicted octanol–water partition coefficient (Wildman–Crippen LogP) is 2.44. The summed E-state index contributed by atoms with van der Waals surface area (Å²) in [6.07, 6.45) is 2.11. The highest BCUT2D eigenvalue weighted by atomic mass is 35.5. The Balaban J connectivity index is 2.13. The molecule has 1 aromatic heterocycles. The molecule has 1 heterocycles. The van der Waals surface area contributed by atoms with Crippen LogP contribution >= 0.6 is 23.4 Å². The zero-order chi connectivity index (χ0) is 14.7. The lowest BCUT2D eigenvalue weighted by Crippen LogP contribution is -2.19. The number of aliphatic carboxylic acids is 1. The maximum Gasteiger partial charge on any atom is 0.317 e. The van der Waals surface area contributed by atoms with Crippen molar-refractivity contribution in [2.75, 3.05) is 5.73 Å². The molecule has 0 amide bonds. The van der Waals surface area contributed by atoms with Gasteiger partial charge in [0.15, 0.2) is 5.82 Å². The van der Waals surface area contributed by atoms with Crippen molar-refractivity contribution >= 4 is 35.1 Å². The average molecular weight is 312 g/mol. The average Bonchev–Trinajstić information content (AvgIpc) is 2.69. The molecule has 0 spiro atoms. The van der Waals surface area contributed by atoms with Crippen molar-refractivity contribution in [3.63, 3.8) is 0 Å². The van der Waals surface area contributed by atoms with Gasteiger partial charge in [-0.3, -0.25) is 9.48 Å². The van der Waals surface area contributed by atoms with Gasteiger partial charge >= 0.3 is 5.97 Å². The van der Waals surface area contributed by atoms with Crippen molar-refractivity contribution < 1.29 is 9.90 Å².